The lowest BCUT2D eigenvalue weighted by Gasteiger charge is -2.36. The highest BCUT2D eigenvalue weighted by Crippen LogP contribution is 2.35. The van der Waals surface area contributed by atoms with E-state index in [2.05, 4.69) is 15.2 Å². The molecule has 2 aromatic carbocycles. The molecule has 46 heavy (non-hydrogen) atoms. The second-order valence-electron chi connectivity index (χ2n) is 10.6. The standard InChI is InChI=1S/C33H33Cl2N3O6S.H2O/c1-38-18-22(19-38)43-33(40)31(20-7-5-4-6-8-20)37-15-23-10-12-30(45-23)32(39)44-28(14-24-25(34)16-36-17-26(24)35)21-9-11-27(41-2)29(13-21)42-3;/h4-13,16-17,22,28,31,37H,14-15,18-19H2,1-3H3;1H2/t28-,31?;/m0./s1. The summed E-state index contributed by atoms with van der Waals surface area (Å²) in [6.07, 6.45) is 2.62. The summed E-state index contributed by atoms with van der Waals surface area (Å²) in [6.45, 7) is 1.78. The van der Waals surface area contributed by atoms with Crippen LogP contribution in [0.1, 0.15) is 43.4 Å². The van der Waals surface area contributed by atoms with Crippen molar-refractivity contribution in [1.82, 2.24) is 10.2 Å². The normalized spacial score (nSPS) is 14.4. The van der Waals surface area contributed by atoms with Gasteiger partial charge in [0.05, 0.1) is 14.2 Å². The number of hydrogen-bond donors (Lipinski definition) is 1. The summed E-state index contributed by atoms with van der Waals surface area (Å²) in [6, 6.07) is 17.7. The van der Waals surface area contributed by atoms with Crippen molar-refractivity contribution < 1.29 is 39.0 Å². The quantitative estimate of drug-likeness (QED) is 0.180. The molecule has 4 aromatic rings. The minimum atomic E-state index is -0.735. The third-order valence-corrected chi connectivity index (χ3v) is 9.18. The summed E-state index contributed by atoms with van der Waals surface area (Å²) >= 11 is 14.2. The Morgan fingerprint density at radius 2 is 1.67 bits per heavy atom. The van der Waals surface area contributed by atoms with Crippen LogP contribution in [0.25, 0.3) is 0 Å². The second kappa shape index (κ2) is 16.2. The third-order valence-electron chi connectivity index (χ3n) is 7.44. The third kappa shape index (κ3) is 8.55. The molecule has 244 valence electrons. The van der Waals surface area contributed by atoms with Crippen LogP contribution in [0.2, 0.25) is 10.0 Å². The molecule has 2 aromatic heterocycles. The number of esters is 2. The highest BCUT2D eigenvalue weighted by Gasteiger charge is 2.31. The molecule has 1 saturated heterocycles. The molecule has 1 unspecified atom stereocenters. The minimum Gasteiger partial charge on any atom is -0.870 e. The number of H-pyrrole nitrogens is 1. The monoisotopic (exact) mass is 687 g/mol. The van der Waals surface area contributed by atoms with Crippen LogP contribution >= 0.6 is 34.5 Å². The zero-order valence-corrected chi connectivity index (χ0v) is 27.8. The number of ether oxygens (including phenoxy) is 4. The Morgan fingerprint density at radius 1 is 0.978 bits per heavy atom. The van der Waals surface area contributed by atoms with Gasteiger partial charge in [-0.2, -0.15) is 0 Å². The highest BCUT2D eigenvalue weighted by atomic mass is 35.5. The van der Waals surface area contributed by atoms with Crippen LogP contribution in [0, 0.1) is 0 Å². The van der Waals surface area contributed by atoms with Crippen molar-refractivity contribution >= 4 is 46.5 Å². The van der Waals surface area contributed by atoms with Crippen LogP contribution < -0.4 is 19.8 Å². The second-order valence-corrected chi connectivity index (χ2v) is 12.6. The molecule has 2 atom stereocenters. The van der Waals surface area contributed by atoms with Gasteiger partial charge in [0, 0.05) is 36.5 Å². The molecule has 0 bridgehead atoms. The van der Waals surface area contributed by atoms with Crippen LogP contribution in [0.3, 0.4) is 0 Å². The number of aromatic nitrogens is 1. The molecule has 0 saturated carbocycles. The molecule has 0 radical (unpaired) electrons. The predicted octanol–water partition coefficient (Wildman–Crippen LogP) is 5.54. The first kappa shape index (κ1) is 35.1. The topological polar surface area (TPSA) is 130 Å². The zero-order valence-electron chi connectivity index (χ0n) is 25.5. The molecule has 0 aliphatic carbocycles. The van der Waals surface area contributed by atoms with E-state index in [0.29, 0.717) is 44.1 Å². The van der Waals surface area contributed by atoms with Crippen molar-refractivity contribution in [1.29, 1.82) is 0 Å². The molecule has 1 aliphatic heterocycles. The number of thiophene rings is 1. The summed E-state index contributed by atoms with van der Waals surface area (Å²) in [5.74, 6) is 0.206. The van der Waals surface area contributed by atoms with Crippen molar-refractivity contribution in [3.05, 3.63) is 110 Å². The minimum absolute atomic E-state index is 0. The number of pyridine rings is 1. The first-order valence-electron chi connectivity index (χ1n) is 14.3. The number of likely N-dealkylation sites (N-methyl/N-ethyl adjacent to an activating group) is 1. The summed E-state index contributed by atoms with van der Waals surface area (Å²) in [7, 11) is 5.08. The van der Waals surface area contributed by atoms with Crippen LogP contribution in [-0.4, -0.2) is 62.8 Å². The van der Waals surface area contributed by atoms with Gasteiger partial charge in [-0.15, -0.1) is 11.3 Å². The number of benzene rings is 2. The lowest BCUT2D eigenvalue weighted by molar-refractivity contribution is -0.377. The Labute approximate surface area is 281 Å². The fourth-order valence-electron chi connectivity index (χ4n) is 5.04. The molecule has 5 rings (SSSR count). The molecule has 13 heteroatoms. The number of nitrogens with zero attached hydrogens (tertiary/aromatic N) is 1. The Hall–Kier alpha value is -3.71. The number of methoxy groups -OCH3 is 2. The fraction of sp³-hybridized carbons (Fsp3) is 0.303. The van der Waals surface area contributed by atoms with Crippen molar-refractivity contribution in [3.63, 3.8) is 0 Å². The Bertz CT molecular complexity index is 1610. The maximum atomic E-state index is 13.5. The van der Waals surface area contributed by atoms with E-state index in [1.54, 1.807) is 44.8 Å². The number of carbonyl (C=O) groups is 2. The Kier molecular flexibility index (Phi) is 12.4. The maximum absolute atomic E-state index is 13.5. The predicted molar refractivity (Wildman–Crippen MR) is 174 cm³/mol. The van der Waals surface area contributed by atoms with E-state index in [0.717, 1.165) is 23.5 Å². The number of carbonyl (C=O) groups excluding carboxylic acids is 2. The van der Waals surface area contributed by atoms with Gasteiger partial charge in [-0.05, 0) is 42.4 Å². The van der Waals surface area contributed by atoms with Crippen LogP contribution in [0.5, 0.6) is 11.5 Å². The molecule has 0 spiro atoms. The number of nitrogens with one attached hydrogen (secondary N) is 2. The van der Waals surface area contributed by atoms with E-state index in [1.165, 1.54) is 11.3 Å². The molecule has 1 aliphatic rings. The van der Waals surface area contributed by atoms with Crippen molar-refractivity contribution in [3.8, 4) is 11.5 Å². The van der Waals surface area contributed by atoms with Crippen molar-refractivity contribution in [2.75, 3.05) is 34.4 Å². The zero-order chi connectivity index (χ0) is 31.9. The van der Waals surface area contributed by atoms with Gasteiger partial charge in [0.2, 0.25) is 0 Å². The lowest BCUT2D eigenvalue weighted by Crippen LogP contribution is -2.51. The van der Waals surface area contributed by atoms with E-state index < -0.39 is 18.1 Å². The van der Waals surface area contributed by atoms with Gasteiger partial charge >= 0.3 is 11.9 Å². The molecule has 3 N–H and O–H groups in total. The van der Waals surface area contributed by atoms with Crippen LogP contribution in [0.15, 0.2) is 73.1 Å². The molecule has 0 amide bonds. The number of aromatic amines is 1. The van der Waals surface area contributed by atoms with E-state index in [9.17, 15) is 9.59 Å². The number of hydrogen-bond acceptors (Lipinski definition) is 10. The van der Waals surface area contributed by atoms with Crippen molar-refractivity contribution in [2.45, 2.75) is 31.2 Å². The molecule has 1 fully saturated rings. The fourth-order valence-corrected chi connectivity index (χ4v) is 6.42. The van der Waals surface area contributed by atoms with Gasteiger partial charge in [0.25, 0.3) is 0 Å². The molecular weight excluding hydrogens is 653 g/mol. The number of rotatable bonds is 13. The number of halogens is 2. The SMILES string of the molecule is COc1ccc([C@H](Cc2c(Cl)c[nH+]cc2Cl)OC(=O)c2ccc(CNC(C(=O)OC3CN(C)C3)c3ccccc3)s2)cc1OC.[OH-]. The average Bonchev–Trinajstić information content (AvgIpc) is 3.51. The first-order valence-corrected chi connectivity index (χ1v) is 15.9. The first-order chi connectivity index (χ1) is 21.7. The molecule has 3 heterocycles. The lowest BCUT2D eigenvalue weighted by atomic mass is 10.0. The van der Waals surface area contributed by atoms with E-state index in [-0.39, 0.29) is 24.0 Å². The average molecular weight is 689 g/mol. The van der Waals surface area contributed by atoms with E-state index in [4.69, 9.17) is 42.1 Å². The van der Waals surface area contributed by atoms with E-state index in [1.807, 2.05) is 49.5 Å². The summed E-state index contributed by atoms with van der Waals surface area (Å²) in [5.41, 5.74) is 2.12. The van der Waals surface area contributed by atoms with Crippen LogP contribution in [-0.2, 0) is 27.2 Å². The van der Waals surface area contributed by atoms with Gasteiger partial charge in [-0.1, -0.05) is 59.6 Å². The van der Waals surface area contributed by atoms with Crippen LogP contribution in [0.4, 0.5) is 0 Å². The van der Waals surface area contributed by atoms with E-state index >= 15 is 0 Å². The number of likely N-dealkylation sites (tertiary alicyclic amines) is 1. The molecular formula is C33H35Cl2N3O7S. The van der Waals surface area contributed by atoms with Gasteiger partial charge in [0.15, 0.2) is 23.9 Å². The Balaban J connectivity index is 0.00000480. The largest absolute Gasteiger partial charge is 0.870 e. The highest BCUT2D eigenvalue weighted by molar-refractivity contribution is 7.13. The van der Waals surface area contributed by atoms with Gasteiger partial charge < -0.3 is 24.4 Å². The summed E-state index contributed by atoms with van der Waals surface area (Å²) < 4.78 is 22.7. The summed E-state index contributed by atoms with van der Waals surface area (Å²) in [4.78, 5) is 32.9. The Morgan fingerprint density at radius 3 is 2.33 bits per heavy atom. The van der Waals surface area contributed by atoms with Gasteiger partial charge in [0.1, 0.15) is 33.2 Å². The smallest absolute Gasteiger partial charge is 0.348 e. The van der Waals surface area contributed by atoms with Crippen molar-refractivity contribution in [2.24, 2.45) is 0 Å². The molecule has 10 nitrogen and oxygen atoms in total. The summed E-state index contributed by atoms with van der Waals surface area (Å²) in [5, 5.41) is 4.16. The van der Waals surface area contributed by atoms with Gasteiger partial charge in [-0.3, -0.25) is 10.2 Å². The van der Waals surface area contributed by atoms with Gasteiger partial charge in [-0.25, -0.2) is 14.6 Å². The maximum Gasteiger partial charge on any atom is 0.348 e.